The lowest BCUT2D eigenvalue weighted by atomic mass is 10.3. The standard InChI is InChI=1S/C10H11NO4/c1-11(9(13)10(14)15-2)7-4-3-5-8(12)6-7/h3-6,12H,1-2H3. The largest absolute Gasteiger partial charge is 0.508 e. The molecule has 0 aliphatic rings. The molecular weight excluding hydrogens is 198 g/mol. The summed E-state index contributed by atoms with van der Waals surface area (Å²) < 4.78 is 4.29. The van der Waals surface area contributed by atoms with Crippen LogP contribution in [0.3, 0.4) is 0 Å². The average Bonchev–Trinajstić information content (AvgIpc) is 2.26. The molecule has 0 heterocycles. The molecule has 0 spiro atoms. The average molecular weight is 209 g/mol. The summed E-state index contributed by atoms with van der Waals surface area (Å²) in [6.45, 7) is 0. The van der Waals surface area contributed by atoms with E-state index < -0.39 is 11.9 Å². The quantitative estimate of drug-likeness (QED) is 0.541. The number of methoxy groups -OCH3 is 1. The molecule has 1 N–H and O–H groups in total. The summed E-state index contributed by atoms with van der Waals surface area (Å²) in [5.74, 6) is -1.71. The molecule has 0 aliphatic heterocycles. The number of hydrogen-bond acceptors (Lipinski definition) is 4. The lowest BCUT2D eigenvalue weighted by Crippen LogP contribution is -2.33. The normalized spacial score (nSPS) is 9.47. The molecular formula is C10H11NO4. The number of phenolic OH excluding ortho intramolecular Hbond substituents is 1. The fraction of sp³-hybridized carbons (Fsp3) is 0.200. The predicted octanol–water partition coefficient (Wildman–Crippen LogP) is 0.528. The van der Waals surface area contributed by atoms with Crippen molar-refractivity contribution >= 4 is 17.6 Å². The minimum atomic E-state index is -0.944. The Bertz CT molecular complexity index is 389. The monoisotopic (exact) mass is 209 g/mol. The highest BCUT2D eigenvalue weighted by Gasteiger charge is 2.20. The van der Waals surface area contributed by atoms with Crippen LogP contribution in [0.1, 0.15) is 0 Å². The van der Waals surface area contributed by atoms with Crippen LogP contribution in [0.25, 0.3) is 0 Å². The van der Waals surface area contributed by atoms with E-state index >= 15 is 0 Å². The van der Waals surface area contributed by atoms with E-state index in [9.17, 15) is 14.7 Å². The third kappa shape index (κ3) is 2.46. The first-order valence-corrected chi connectivity index (χ1v) is 4.21. The maximum atomic E-state index is 11.4. The molecule has 0 unspecified atom stereocenters. The minimum absolute atomic E-state index is 0.0250. The van der Waals surface area contributed by atoms with Crippen LogP contribution in [0.2, 0.25) is 0 Å². The van der Waals surface area contributed by atoms with Crippen molar-refractivity contribution in [2.24, 2.45) is 0 Å². The number of amides is 1. The molecule has 0 saturated heterocycles. The van der Waals surface area contributed by atoms with Crippen molar-refractivity contribution < 1.29 is 19.4 Å². The molecule has 5 nitrogen and oxygen atoms in total. The molecule has 0 bridgehead atoms. The second kappa shape index (κ2) is 4.45. The lowest BCUT2D eigenvalue weighted by Gasteiger charge is -2.15. The zero-order valence-corrected chi connectivity index (χ0v) is 8.43. The fourth-order valence-electron chi connectivity index (χ4n) is 1.04. The van der Waals surface area contributed by atoms with Gasteiger partial charge in [0.2, 0.25) is 0 Å². The molecule has 5 heteroatoms. The number of nitrogens with zero attached hydrogens (tertiary/aromatic N) is 1. The third-order valence-electron chi connectivity index (χ3n) is 1.88. The Balaban J connectivity index is 2.89. The molecule has 0 aliphatic carbocycles. The van der Waals surface area contributed by atoms with Gasteiger partial charge in [-0.25, -0.2) is 4.79 Å². The van der Waals surface area contributed by atoms with Crippen molar-refractivity contribution in [2.75, 3.05) is 19.1 Å². The number of hydrogen-bond donors (Lipinski definition) is 1. The number of benzene rings is 1. The van der Waals surface area contributed by atoms with Crippen molar-refractivity contribution in [1.82, 2.24) is 0 Å². The topological polar surface area (TPSA) is 66.8 Å². The number of aromatic hydroxyl groups is 1. The van der Waals surface area contributed by atoms with Gasteiger partial charge in [0.1, 0.15) is 5.75 Å². The number of likely N-dealkylation sites (N-methyl/N-ethyl adjacent to an activating group) is 1. The highest BCUT2D eigenvalue weighted by molar-refractivity contribution is 6.37. The minimum Gasteiger partial charge on any atom is -0.508 e. The summed E-state index contributed by atoms with van der Waals surface area (Å²) in [6.07, 6.45) is 0. The summed E-state index contributed by atoms with van der Waals surface area (Å²) in [6, 6.07) is 6.02. The number of rotatable bonds is 1. The number of ether oxygens (including phenoxy) is 1. The summed E-state index contributed by atoms with van der Waals surface area (Å²) in [5, 5.41) is 9.19. The second-order valence-corrected chi connectivity index (χ2v) is 2.88. The molecule has 1 amide bonds. The van der Waals surface area contributed by atoms with Gasteiger partial charge in [0.15, 0.2) is 0 Å². The summed E-state index contributed by atoms with van der Waals surface area (Å²) in [4.78, 5) is 23.4. The van der Waals surface area contributed by atoms with Gasteiger partial charge in [0.25, 0.3) is 0 Å². The van der Waals surface area contributed by atoms with Crippen LogP contribution in [0.15, 0.2) is 24.3 Å². The van der Waals surface area contributed by atoms with E-state index in [1.54, 1.807) is 12.1 Å². The Morgan fingerprint density at radius 1 is 1.40 bits per heavy atom. The van der Waals surface area contributed by atoms with E-state index in [0.717, 1.165) is 12.0 Å². The van der Waals surface area contributed by atoms with E-state index in [2.05, 4.69) is 4.74 Å². The van der Waals surface area contributed by atoms with Crippen LogP contribution >= 0.6 is 0 Å². The molecule has 0 radical (unpaired) electrons. The molecule has 0 atom stereocenters. The first-order chi connectivity index (χ1) is 7.06. The van der Waals surface area contributed by atoms with Gasteiger partial charge in [-0.05, 0) is 12.1 Å². The first-order valence-electron chi connectivity index (χ1n) is 4.21. The summed E-state index contributed by atoms with van der Waals surface area (Å²) in [5.41, 5.74) is 0.422. The molecule has 1 aromatic carbocycles. The molecule has 0 fully saturated rings. The van der Waals surface area contributed by atoms with Crippen molar-refractivity contribution in [3.05, 3.63) is 24.3 Å². The van der Waals surface area contributed by atoms with Gasteiger partial charge >= 0.3 is 11.9 Å². The van der Waals surface area contributed by atoms with Gasteiger partial charge in [-0.1, -0.05) is 6.07 Å². The van der Waals surface area contributed by atoms with E-state index in [-0.39, 0.29) is 5.75 Å². The van der Waals surface area contributed by atoms with E-state index in [1.807, 2.05) is 0 Å². The van der Waals surface area contributed by atoms with Crippen molar-refractivity contribution in [3.8, 4) is 5.75 Å². The number of carbonyl (C=O) groups excluding carboxylic acids is 2. The Hall–Kier alpha value is -2.04. The van der Waals surface area contributed by atoms with Gasteiger partial charge in [-0.3, -0.25) is 4.79 Å². The van der Waals surface area contributed by atoms with E-state index in [0.29, 0.717) is 5.69 Å². The van der Waals surface area contributed by atoms with Crippen molar-refractivity contribution in [3.63, 3.8) is 0 Å². The summed E-state index contributed by atoms with van der Waals surface area (Å²) in [7, 11) is 2.56. The Morgan fingerprint density at radius 2 is 2.07 bits per heavy atom. The van der Waals surface area contributed by atoms with Crippen LogP contribution in [-0.4, -0.2) is 31.1 Å². The number of carbonyl (C=O) groups is 2. The van der Waals surface area contributed by atoms with E-state index in [1.165, 1.54) is 19.2 Å². The van der Waals surface area contributed by atoms with Crippen LogP contribution in [0.4, 0.5) is 5.69 Å². The second-order valence-electron chi connectivity index (χ2n) is 2.88. The predicted molar refractivity (Wildman–Crippen MR) is 53.5 cm³/mol. The van der Waals surface area contributed by atoms with Crippen LogP contribution in [-0.2, 0) is 14.3 Å². The third-order valence-corrected chi connectivity index (χ3v) is 1.88. The first kappa shape index (κ1) is 11.0. The molecule has 0 saturated carbocycles. The zero-order chi connectivity index (χ0) is 11.4. The molecule has 15 heavy (non-hydrogen) atoms. The fourth-order valence-corrected chi connectivity index (χ4v) is 1.04. The summed E-state index contributed by atoms with van der Waals surface area (Å²) >= 11 is 0. The van der Waals surface area contributed by atoms with Crippen LogP contribution in [0, 0.1) is 0 Å². The maximum Gasteiger partial charge on any atom is 0.397 e. The van der Waals surface area contributed by atoms with Gasteiger partial charge in [-0.2, -0.15) is 0 Å². The zero-order valence-electron chi connectivity index (χ0n) is 8.43. The smallest absolute Gasteiger partial charge is 0.397 e. The SMILES string of the molecule is COC(=O)C(=O)N(C)c1cccc(O)c1. The Morgan fingerprint density at radius 3 is 2.60 bits per heavy atom. The molecule has 0 aromatic heterocycles. The lowest BCUT2D eigenvalue weighted by molar-refractivity contribution is -0.151. The highest BCUT2D eigenvalue weighted by atomic mass is 16.5. The Kier molecular flexibility index (Phi) is 3.28. The van der Waals surface area contributed by atoms with Crippen molar-refractivity contribution in [1.29, 1.82) is 0 Å². The highest BCUT2D eigenvalue weighted by Crippen LogP contribution is 2.18. The number of esters is 1. The van der Waals surface area contributed by atoms with Gasteiger partial charge in [0, 0.05) is 18.8 Å². The van der Waals surface area contributed by atoms with Gasteiger partial charge < -0.3 is 14.7 Å². The maximum absolute atomic E-state index is 11.4. The molecule has 80 valence electrons. The number of anilines is 1. The Labute approximate surface area is 86.9 Å². The van der Waals surface area contributed by atoms with Crippen molar-refractivity contribution in [2.45, 2.75) is 0 Å². The number of phenols is 1. The van der Waals surface area contributed by atoms with Crippen LogP contribution in [0.5, 0.6) is 5.75 Å². The van der Waals surface area contributed by atoms with Crippen LogP contribution < -0.4 is 4.90 Å². The molecule has 1 rings (SSSR count). The van der Waals surface area contributed by atoms with Gasteiger partial charge in [-0.15, -0.1) is 0 Å². The van der Waals surface area contributed by atoms with Gasteiger partial charge in [0.05, 0.1) is 7.11 Å². The van der Waals surface area contributed by atoms with E-state index in [4.69, 9.17) is 0 Å². The molecule has 1 aromatic rings.